The van der Waals surface area contributed by atoms with Crippen LogP contribution >= 0.6 is 0 Å². The van der Waals surface area contributed by atoms with Crippen LogP contribution in [-0.2, 0) is 26.2 Å². The van der Waals surface area contributed by atoms with Crippen molar-refractivity contribution >= 4 is 38.4 Å². The van der Waals surface area contributed by atoms with E-state index in [1.54, 1.807) is 0 Å². The van der Waals surface area contributed by atoms with Gasteiger partial charge in [-0.1, -0.05) is 97.3 Å². The molecule has 0 nitrogen and oxygen atoms in total. The zero-order valence-electron chi connectivity index (χ0n) is 17.4. The van der Waals surface area contributed by atoms with E-state index in [1.165, 1.54) is 49.9 Å². The third-order valence-corrected chi connectivity index (χ3v) is 5.82. The number of hydrogen-bond acceptors (Lipinski definition) is 0. The molecule has 3 heteroatoms. The molecule has 153 valence electrons. The molecule has 0 amide bonds. The predicted octanol–water partition coefficient (Wildman–Crippen LogP) is 2.08. The molecule has 1 aliphatic rings. The average Bonchev–Trinajstić information content (AvgIpc) is 3.33. The van der Waals surface area contributed by atoms with Crippen molar-refractivity contribution in [2.24, 2.45) is 0 Å². The van der Waals surface area contributed by atoms with Gasteiger partial charge in [-0.25, -0.2) is 0 Å². The zero-order chi connectivity index (χ0) is 18.9. The van der Waals surface area contributed by atoms with E-state index in [4.69, 9.17) is 0 Å². The Bertz CT molecular complexity index is 1310. The second-order valence-corrected chi connectivity index (χ2v) is 7.52. The minimum atomic E-state index is 0. The molecular formula is C28H23Cl2Zr. The van der Waals surface area contributed by atoms with Gasteiger partial charge in [-0.05, 0) is 22.9 Å². The predicted molar refractivity (Wildman–Crippen MR) is 123 cm³/mol. The summed E-state index contributed by atoms with van der Waals surface area (Å²) in [5, 5.41) is 8.02. The Balaban J connectivity index is 0.000000216. The van der Waals surface area contributed by atoms with Crippen molar-refractivity contribution in [1.82, 2.24) is 0 Å². The van der Waals surface area contributed by atoms with E-state index < -0.39 is 0 Å². The Morgan fingerprint density at radius 2 is 1.35 bits per heavy atom. The van der Waals surface area contributed by atoms with Crippen molar-refractivity contribution in [2.75, 3.05) is 0 Å². The van der Waals surface area contributed by atoms with Gasteiger partial charge in [0.1, 0.15) is 0 Å². The summed E-state index contributed by atoms with van der Waals surface area (Å²) in [4.78, 5) is 0. The van der Waals surface area contributed by atoms with Gasteiger partial charge in [-0.3, -0.25) is 0 Å². The third-order valence-electron chi connectivity index (χ3n) is 5.82. The zero-order valence-corrected chi connectivity index (χ0v) is 21.3. The van der Waals surface area contributed by atoms with E-state index in [1.807, 2.05) is 0 Å². The third kappa shape index (κ3) is 5.01. The number of fused-ring (bicyclic) bond motifs is 5. The Morgan fingerprint density at radius 1 is 0.710 bits per heavy atom. The molecule has 1 unspecified atom stereocenters. The fourth-order valence-electron chi connectivity index (χ4n) is 4.33. The van der Waals surface area contributed by atoms with Gasteiger partial charge < -0.3 is 24.8 Å². The first-order valence-corrected chi connectivity index (χ1v) is 10.1. The Hall–Kier alpha value is -1.79. The molecule has 0 spiro atoms. The van der Waals surface area contributed by atoms with Gasteiger partial charge in [0.05, 0.1) is 0 Å². The fourth-order valence-corrected chi connectivity index (χ4v) is 4.33. The normalized spacial score (nSPS) is 13.5. The molecule has 0 aliphatic heterocycles. The first-order valence-electron chi connectivity index (χ1n) is 10.1. The van der Waals surface area contributed by atoms with Gasteiger partial charge in [0.15, 0.2) is 0 Å². The van der Waals surface area contributed by atoms with Crippen LogP contribution in [0.15, 0.2) is 97.1 Å². The second-order valence-electron chi connectivity index (χ2n) is 7.52. The minimum Gasteiger partial charge on any atom is -1.00 e. The van der Waals surface area contributed by atoms with Crippen LogP contribution in [-0.4, -0.2) is 0 Å². The van der Waals surface area contributed by atoms with Gasteiger partial charge >= 0.3 is 26.2 Å². The van der Waals surface area contributed by atoms with E-state index >= 15 is 0 Å². The van der Waals surface area contributed by atoms with Gasteiger partial charge in [-0.2, -0.15) is 0 Å². The number of rotatable bonds is 1. The summed E-state index contributed by atoms with van der Waals surface area (Å²) in [6.07, 6.45) is 5.74. The smallest absolute Gasteiger partial charge is 1.00 e. The molecule has 1 aliphatic carbocycles. The number of halogens is 2. The summed E-state index contributed by atoms with van der Waals surface area (Å²) in [5.74, 6) is 0.672. The largest absolute Gasteiger partial charge is 3.00 e. The molecule has 31 heavy (non-hydrogen) atoms. The topological polar surface area (TPSA) is 0 Å². The Kier molecular flexibility index (Phi) is 9.19. The summed E-state index contributed by atoms with van der Waals surface area (Å²) in [7, 11) is 0. The van der Waals surface area contributed by atoms with Gasteiger partial charge in [-0.15, -0.1) is 39.7 Å². The van der Waals surface area contributed by atoms with Crippen molar-refractivity contribution < 1.29 is 51.0 Å². The van der Waals surface area contributed by atoms with Crippen molar-refractivity contribution in [3.05, 3.63) is 108 Å². The quantitative estimate of drug-likeness (QED) is 0.297. The Morgan fingerprint density at radius 3 is 2.13 bits per heavy atom. The maximum Gasteiger partial charge on any atom is 3.00 e. The average molecular weight is 522 g/mol. The van der Waals surface area contributed by atoms with Crippen molar-refractivity contribution in [3.8, 4) is 0 Å². The van der Waals surface area contributed by atoms with E-state index in [2.05, 4.69) is 110 Å². The van der Waals surface area contributed by atoms with Gasteiger partial charge in [0.25, 0.3) is 0 Å². The molecular weight excluding hydrogens is 498 g/mol. The monoisotopic (exact) mass is 519 g/mol. The minimum absolute atomic E-state index is 0. The number of benzene rings is 4. The molecule has 1 radical (unpaired) electrons. The molecule has 0 saturated heterocycles. The van der Waals surface area contributed by atoms with Crippen molar-refractivity contribution in [2.45, 2.75) is 19.3 Å². The first kappa shape index (κ1) is 25.5. The second kappa shape index (κ2) is 11.2. The molecule has 0 N–H and O–H groups in total. The van der Waals surface area contributed by atoms with Crippen LogP contribution in [0.5, 0.6) is 0 Å². The van der Waals surface area contributed by atoms with Crippen LogP contribution in [0.25, 0.3) is 38.4 Å². The SMILES string of the molecule is CCC1C=Cc2ccccc21.[Cl-].[Cl-].[Zr+3].c1ccc2cc3c(cc2c1)[cH-]c1ccccc13. The summed E-state index contributed by atoms with van der Waals surface area (Å²) in [5.41, 5.74) is 2.90. The maximum atomic E-state index is 2.30. The van der Waals surface area contributed by atoms with E-state index in [0.717, 1.165) is 0 Å². The fraction of sp³-hybridized carbons (Fsp3) is 0.107. The molecule has 0 heterocycles. The molecule has 0 saturated carbocycles. The van der Waals surface area contributed by atoms with Crippen LogP contribution in [0, 0.1) is 0 Å². The van der Waals surface area contributed by atoms with Gasteiger partial charge in [0.2, 0.25) is 0 Å². The van der Waals surface area contributed by atoms with Crippen molar-refractivity contribution in [3.63, 3.8) is 0 Å². The summed E-state index contributed by atoms with van der Waals surface area (Å²) >= 11 is 0. The molecule has 5 aromatic rings. The molecule has 0 fully saturated rings. The first-order chi connectivity index (χ1) is 13.8. The summed E-state index contributed by atoms with van der Waals surface area (Å²) in [6, 6.07) is 32.6. The van der Waals surface area contributed by atoms with E-state index in [9.17, 15) is 0 Å². The van der Waals surface area contributed by atoms with Crippen LogP contribution in [0.4, 0.5) is 0 Å². The molecule has 0 bridgehead atoms. The summed E-state index contributed by atoms with van der Waals surface area (Å²) in [6.45, 7) is 2.23. The van der Waals surface area contributed by atoms with Crippen LogP contribution < -0.4 is 24.8 Å². The summed E-state index contributed by atoms with van der Waals surface area (Å²) < 4.78 is 0. The number of allylic oxidation sites excluding steroid dienone is 1. The van der Waals surface area contributed by atoms with Crippen LogP contribution in [0.2, 0.25) is 0 Å². The van der Waals surface area contributed by atoms with E-state index in [0.29, 0.717) is 5.92 Å². The van der Waals surface area contributed by atoms with Crippen molar-refractivity contribution in [1.29, 1.82) is 0 Å². The number of hydrogen-bond donors (Lipinski definition) is 0. The van der Waals surface area contributed by atoms with Gasteiger partial charge in [0, 0.05) is 5.92 Å². The molecule has 6 rings (SSSR count). The van der Waals surface area contributed by atoms with E-state index in [-0.39, 0.29) is 51.0 Å². The van der Waals surface area contributed by atoms with Crippen LogP contribution in [0.1, 0.15) is 30.4 Å². The maximum absolute atomic E-state index is 2.30. The van der Waals surface area contributed by atoms with Crippen LogP contribution in [0.3, 0.4) is 0 Å². The molecule has 5 aromatic carbocycles. The molecule has 0 aromatic heterocycles. The molecule has 1 atom stereocenters. The standard InChI is InChI=1S/C17H11.C11H12.2ClH.Zr/c1-2-6-13-11-17-15(9-12(13)5-1)10-14-7-3-4-8-16(14)17;1-2-9-7-8-10-5-3-4-6-11(9)10;;;/h1-11H;3-9H,2H2,1H3;2*1H;/q-1;;;;+3/p-2. The Labute approximate surface area is 215 Å².